The molecule has 101 valence electrons. The van der Waals surface area contributed by atoms with E-state index >= 15 is 0 Å². The topological polar surface area (TPSA) is 0 Å². The van der Waals surface area contributed by atoms with Crippen molar-refractivity contribution >= 4 is 23.1 Å². The molecule has 0 atom stereocenters. The van der Waals surface area contributed by atoms with Crippen LogP contribution in [0.4, 0.5) is 0 Å². The summed E-state index contributed by atoms with van der Waals surface area (Å²) in [6.07, 6.45) is 0. The summed E-state index contributed by atoms with van der Waals surface area (Å²) in [4.78, 5) is 0. The summed E-state index contributed by atoms with van der Waals surface area (Å²) in [6, 6.07) is 6.61. The van der Waals surface area contributed by atoms with Gasteiger partial charge in [0.25, 0.3) is 0 Å². The molecular weight excluding hydrogens is 345 g/mol. The summed E-state index contributed by atoms with van der Waals surface area (Å²) in [6.45, 7) is 13.3. The van der Waals surface area contributed by atoms with Crippen molar-refractivity contribution in [2.45, 2.75) is 52.4 Å². The molecule has 3 heteroatoms. The zero-order valence-electron chi connectivity index (χ0n) is 11.3. The number of rotatable bonds is 1. The summed E-state index contributed by atoms with van der Waals surface area (Å²) in [5.74, 6) is 0. The Bertz CT molecular complexity index is 365. The van der Waals surface area contributed by atoms with Crippen molar-refractivity contribution in [1.29, 1.82) is 0 Å². The first kappa shape index (κ1) is 15.5. The van der Waals surface area contributed by atoms with Crippen molar-refractivity contribution in [1.82, 2.24) is 0 Å². The van der Waals surface area contributed by atoms with E-state index in [1.54, 1.807) is 0 Å². The zero-order chi connectivity index (χ0) is 13.4. The Morgan fingerprint density at radius 1 is 0.765 bits per heavy atom. The molecular formula is C14H21Cl2Pd. The molecule has 0 fully saturated rings. The summed E-state index contributed by atoms with van der Waals surface area (Å²) in [5.41, 5.74) is 2.88. The van der Waals surface area contributed by atoms with Gasteiger partial charge in [-0.3, -0.25) is 0 Å². The van der Waals surface area contributed by atoms with Gasteiger partial charge in [0, 0.05) is 0 Å². The second kappa shape index (κ2) is 5.22. The van der Waals surface area contributed by atoms with Gasteiger partial charge in [-0.25, -0.2) is 0 Å². The van der Waals surface area contributed by atoms with Crippen LogP contribution < -0.4 is 4.04 Å². The van der Waals surface area contributed by atoms with E-state index in [9.17, 15) is 0 Å². The molecule has 0 heterocycles. The molecule has 0 aromatic heterocycles. The summed E-state index contributed by atoms with van der Waals surface area (Å²) >= 11 is -1.57. The van der Waals surface area contributed by atoms with Gasteiger partial charge in [0.1, 0.15) is 0 Å². The Balaban J connectivity index is 3.40. The molecule has 0 amide bonds. The first-order chi connectivity index (χ1) is 7.51. The molecule has 0 bridgehead atoms. The number of benzene rings is 1. The van der Waals surface area contributed by atoms with Crippen LogP contribution in [0.5, 0.6) is 0 Å². The molecule has 0 nitrogen and oxygen atoms in total. The molecule has 0 radical (unpaired) electrons. The first-order valence-electron chi connectivity index (χ1n) is 5.63. The van der Waals surface area contributed by atoms with Gasteiger partial charge in [-0.1, -0.05) is 0 Å². The Morgan fingerprint density at radius 3 is 1.35 bits per heavy atom. The molecule has 0 spiro atoms. The van der Waals surface area contributed by atoms with Crippen molar-refractivity contribution < 1.29 is 14.7 Å². The monoisotopic (exact) mass is 365 g/mol. The molecule has 0 saturated carbocycles. The third-order valence-corrected chi connectivity index (χ3v) is 5.51. The van der Waals surface area contributed by atoms with Crippen LogP contribution in [0.25, 0.3) is 0 Å². The molecule has 0 aliphatic carbocycles. The van der Waals surface area contributed by atoms with Crippen molar-refractivity contribution in [2.24, 2.45) is 0 Å². The molecule has 0 unspecified atom stereocenters. The van der Waals surface area contributed by atoms with E-state index in [-0.39, 0.29) is 10.8 Å². The number of halogens is 2. The number of hydrogen-bond acceptors (Lipinski definition) is 0. The fraction of sp³-hybridized carbons (Fsp3) is 0.571. The molecule has 1 aromatic rings. The molecule has 0 saturated heterocycles. The first-order valence-corrected chi connectivity index (χ1v) is 10.4. The van der Waals surface area contributed by atoms with E-state index in [2.05, 4.69) is 59.7 Å². The van der Waals surface area contributed by atoms with E-state index in [1.807, 2.05) is 0 Å². The molecule has 1 rings (SSSR count). The van der Waals surface area contributed by atoms with Gasteiger partial charge in [0.15, 0.2) is 0 Å². The molecule has 17 heavy (non-hydrogen) atoms. The number of hydrogen-bond donors (Lipinski definition) is 0. The van der Waals surface area contributed by atoms with E-state index in [0.717, 1.165) is 4.04 Å². The maximum absolute atomic E-state index is 6.13. The SMILES string of the molecule is CC(C)(C)c1c[c]([Pd]([Cl])[Cl])cc(C(C)(C)C)c1. The van der Waals surface area contributed by atoms with Crippen molar-refractivity contribution in [3.63, 3.8) is 0 Å². The second-order valence-corrected chi connectivity index (χ2v) is 11.6. The van der Waals surface area contributed by atoms with E-state index in [4.69, 9.17) is 19.1 Å². The van der Waals surface area contributed by atoms with Gasteiger partial charge in [0.05, 0.1) is 0 Å². The van der Waals surface area contributed by atoms with Crippen LogP contribution in [0, 0.1) is 0 Å². The minimum atomic E-state index is -1.57. The van der Waals surface area contributed by atoms with Crippen molar-refractivity contribution in [2.75, 3.05) is 0 Å². The van der Waals surface area contributed by atoms with E-state index in [0.29, 0.717) is 0 Å². The normalized spacial score (nSPS) is 13.8. The van der Waals surface area contributed by atoms with Gasteiger partial charge < -0.3 is 0 Å². The van der Waals surface area contributed by atoms with Gasteiger partial charge in [-0.05, 0) is 0 Å². The predicted molar refractivity (Wildman–Crippen MR) is 75.2 cm³/mol. The van der Waals surface area contributed by atoms with Gasteiger partial charge in [0.2, 0.25) is 0 Å². The van der Waals surface area contributed by atoms with Crippen LogP contribution in [0.2, 0.25) is 0 Å². The minimum absolute atomic E-state index is 0.128. The summed E-state index contributed by atoms with van der Waals surface area (Å²) < 4.78 is 1.11. The van der Waals surface area contributed by atoms with E-state index < -0.39 is 14.7 Å². The average Bonchev–Trinajstić information content (AvgIpc) is 2.14. The Hall–Kier alpha value is 0.462. The third-order valence-electron chi connectivity index (χ3n) is 2.75. The molecule has 0 aliphatic rings. The van der Waals surface area contributed by atoms with Crippen LogP contribution in [0.15, 0.2) is 18.2 Å². The standard InChI is InChI=1S/C14H21.2ClH.Pd/c1-13(2,3)11-8-7-9-12(10-11)14(4,5)6;;;/h8-10H,1-6H3;2*1H;/q;;;+2/p-2. The zero-order valence-corrected chi connectivity index (χ0v) is 14.4. The average molecular weight is 367 g/mol. The Kier molecular flexibility index (Phi) is 4.76. The fourth-order valence-electron chi connectivity index (χ4n) is 1.51. The van der Waals surface area contributed by atoms with Gasteiger partial charge in [-0.15, -0.1) is 0 Å². The quantitative estimate of drug-likeness (QED) is 0.624. The van der Waals surface area contributed by atoms with Crippen LogP contribution in [0.1, 0.15) is 52.7 Å². The molecule has 0 aliphatic heterocycles. The molecule has 0 N–H and O–H groups in total. The summed E-state index contributed by atoms with van der Waals surface area (Å²) in [5, 5.41) is 0. The predicted octanol–water partition coefficient (Wildman–Crippen LogP) is 4.83. The fourth-order valence-corrected chi connectivity index (χ4v) is 3.14. The van der Waals surface area contributed by atoms with E-state index in [1.165, 1.54) is 11.1 Å². The van der Waals surface area contributed by atoms with Gasteiger partial charge in [-0.2, -0.15) is 0 Å². The van der Waals surface area contributed by atoms with Crippen molar-refractivity contribution in [3.8, 4) is 0 Å². The third kappa shape index (κ3) is 4.25. The Labute approximate surface area is 119 Å². The van der Waals surface area contributed by atoms with Crippen molar-refractivity contribution in [3.05, 3.63) is 29.3 Å². The van der Waals surface area contributed by atoms with Crippen LogP contribution in [-0.2, 0) is 25.5 Å². The van der Waals surface area contributed by atoms with Crippen LogP contribution in [0.3, 0.4) is 0 Å². The van der Waals surface area contributed by atoms with Crippen LogP contribution in [-0.4, -0.2) is 0 Å². The van der Waals surface area contributed by atoms with Gasteiger partial charge >= 0.3 is 120 Å². The second-order valence-electron chi connectivity index (χ2n) is 6.36. The maximum atomic E-state index is 6.13. The molecule has 1 aromatic carbocycles. The van der Waals surface area contributed by atoms with Crippen LogP contribution >= 0.6 is 19.1 Å². The Morgan fingerprint density at radius 2 is 1.12 bits per heavy atom. The summed E-state index contributed by atoms with van der Waals surface area (Å²) in [7, 11) is 12.3.